The number of aliphatic hydroxyl groups is 1. The number of rotatable bonds is 6. The van der Waals surface area contributed by atoms with Gasteiger partial charge in [-0.15, -0.1) is 0 Å². The Bertz CT molecular complexity index is 512. The lowest BCUT2D eigenvalue weighted by atomic mass is 10.0. The first kappa shape index (κ1) is 16.7. The lowest BCUT2D eigenvalue weighted by Crippen LogP contribution is -2.42. The smallest absolute Gasteiger partial charge is 0.253 e. The third-order valence-electron chi connectivity index (χ3n) is 4.29. The van der Waals surface area contributed by atoms with Crippen molar-refractivity contribution in [1.82, 2.24) is 9.88 Å². The molecule has 1 fully saturated rings. The van der Waals surface area contributed by atoms with Crippen LogP contribution in [0.4, 0.5) is 0 Å². The van der Waals surface area contributed by atoms with E-state index in [0.717, 1.165) is 32.1 Å². The van der Waals surface area contributed by atoms with Crippen LogP contribution in [0.3, 0.4) is 0 Å². The van der Waals surface area contributed by atoms with Crippen LogP contribution < -0.4 is 4.74 Å². The minimum Gasteiger partial charge on any atom is -0.475 e. The van der Waals surface area contributed by atoms with Gasteiger partial charge in [-0.1, -0.05) is 19.8 Å². The maximum atomic E-state index is 12.5. The zero-order valence-electron chi connectivity index (χ0n) is 13.7. The summed E-state index contributed by atoms with van der Waals surface area (Å²) in [5.74, 6) is 0.352. The minimum absolute atomic E-state index is 0.0646. The number of amides is 1. The standard InChI is InChI=1S/C17H26N2O3/c1-4-13(2)22-15-11-14(7-10-18-15)16(20)19(3)12-17(21)8-5-6-9-17/h7,10-11,13,21H,4-6,8-9,12H2,1-3H3. The summed E-state index contributed by atoms with van der Waals surface area (Å²) in [6.45, 7) is 4.38. The summed E-state index contributed by atoms with van der Waals surface area (Å²) >= 11 is 0. The van der Waals surface area contributed by atoms with Gasteiger partial charge in [0, 0.05) is 31.4 Å². The quantitative estimate of drug-likeness (QED) is 0.877. The van der Waals surface area contributed by atoms with E-state index >= 15 is 0 Å². The van der Waals surface area contributed by atoms with Crippen LogP contribution in [-0.2, 0) is 0 Å². The Morgan fingerprint density at radius 2 is 2.18 bits per heavy atom. The highest BCUT2D eigenvalue weighted by atomic mass is 16.5. The Labute approximate surface area is 132 Å². The van der Waals surface area contributed by atoms with E-state index in [1.807, 2.05) is 13.8 Å². The van der Waals surface area contributed by atoms with Gasteiger partial charge in [0.1, 0.15) is 0 Å². The summed E-state index contributed by atoms with van der Waals surface area (Å²) in [5, 5.41) is 10.4. The SMILES string of the molecule is CCC(C)Oc1cc(C(=O)N(C)CC2(O)CCCC2)ccn1. The average molecular weight is 306 g/mol. The number of hydrogen-bond acceptors (Lipinski definition) is 4. The van der Waals surface area contributed by atoms with E-state index in [-0.39, 0.29) is 12.0 Å². The van der Waals surface area contributed by atoms with Crippen LogP contribution in [0.5, 0.6) is 5.88 Å². The van der Waals surface area contributed by atoms with E-state index in [0.29, 0.717) is 18.0 Å². The molecule has 0 aliphatic heterocycles. The molecule has 0 radical (unpaired) electrons. The molecule has 5 nitrogen and oxygen atoms in total. The molecule has 1 N–H and O–H groups in total. The fourth-order valence-corrected chi connectivity index (χ4v) is 2.82. The van der Waals surface area contributed by atoms with Gasteiger partial charge in [0.2, 0.25) is 5.88 Å². The first-order valence-electron chi connectivity index (χ1n) is 8.04. The fourth-order valence-electron chi connectivity index (χ4n) is 2.82. The number of carbonyl (C=O) groups is 1. The predicted molar refractivity (Wildman–Crippen MR) is 85.0 cm³/mol. The van der Waals surface area contributed by atoms with Gasteiger partial charge in [-0.2, -0.15) is 0 Å². The molecule has 0 saturated heterocycles. The Balaban J connectivity index is 2.03. The summed E-state index contributed by atoms with van der Waals surface area (Å²) in [6.07, 6.45) is 6.12. The number of carbonyl (C=O) groups excluding carboxylic acids is 1. The number of aromatic nitrogens is 1. The molecule has 1 aromatic heterocycles. The van der Waals surface area contributed by atoms with Crippen molar-refractivity contribution < 1.29 is 14.6 Å². The summed E-state index contributed by atoms with van der Waals surface area (Å²) in [7, 11) is 1.73. The molecule has 2 rings (SSSR count). The third-order valence-corrected chi connectivity index (χ3v) is 4.29. The molecule has 1 amide bonds. The predicted octanol–water partition coefficient (Wildman–Crippen LogP) is 2.64. The Morgan fingerprint density at radius 1 is 1.50 bits per heavy atom. The van der Waals surface area contributed by atoms with Crippen LogP contribution >= 0.6 is 0 Å². The highest BCUT2D eigenvalue weighted by Crippen LogP contribution is 2.30. The van der Waals surface area contributed by atoms with E-state index in [4.69, 9.17) is 4.74 Å². The monoisotopic (exact) mass is 306 g/mol. The maximum absolute atomic E-state index is 12.5. The van der Waals surface area contributed by atoms with Crippen LogP contribution in [0.15, 0.2) is 18.3 Å². The van der Waals surface area contributed by atoms with Gasteiger partial charge in [0.15, 0.2) is 0 Å². The lowest BCUT2D eigenvalue weighted by molar-refractivity contribution is 0.0156. The van der Waals surface area contributed by atoms with Gasteiger partial charge >= 0.3 is 0 Å². The summed E-state index contributed by atoms with van der Waals surface area (Å²) in [4.78, 5) is 18.2. The number of nitrogens with zero attached hydrogens (tertiary/aromatic N) is 2. The molecule has 0 bridgehead atoms. The molecule has 0 aromatic carbocycles. The molecule has 1 atom stereocenters. The highest BCUT2D eigenvalue weighted by molar-refractivity contribution is 5.94. The zero-order valence-corrected chi connectivity index (χ0v) is 13.7. The number of ether oxygens (including phenoxy) is 1. The van der Waals surface area contributed by atoms with Crippen LogP contribution in [0, 0.1) is 0 Å². The van der Waals surface area contributed by atoms with Crippen molar-refractivity contribution >= 4 is 5.91 Å². The molecule has 5 heteroatoms. The number of hydrogen-bond donors (Lipinski definition) is 1. The summed E-state index contributed by atoms with van der Waals surface area (Å²) < 4.78 is 5.66. The number of pyridine rings is 1. The van der Waals surface area contributed by atoms with Crippen molar-refractivity contribution in [3.63, 3.8) is 0 Å². The van der Waals surface area contributed by atoms with Gasteiger partial charge in [0.25, 0.3) is 5.91 Å². The largest absolute Gasteiger partial charge is 0.475 e. The Kier molecular flexibility index (Phi) is 5.40. The van der Waals surface area contributed by atoms with Crippen LogP contribution in [0.1, 0.15) is 56.3 Å². The minimum atomic E-state index is -0.729. The zero-order chi connectivity index (χ0) is 16.2. The molecule has 1 unspecified atom stereocenters. The van der Waals surface area contributed by atoms with E-state index < -0.39 is 5.60 Å². The van der Waals surface area contributed by atoms with E-state index in [9.17, 15) is 9.90 Å². The molecular formula is C17H26N2O3. The molecular weight excluding hydrogens is 280 g/mol. The Morgan fingerprint density at radius 3 is 2.82 bits per heavy atom. The van der Waals surface area contributed by atoms with Gasteiger partial charge < -0.3 is 14.7 Å². The van der Waals surface area contributed by atoms with Gasteiger partial charge in [-0.05, 0) is 32.3 Å². The molecule has 1 aromatic rings. The number of likely N-dealkylation sites (N-methyl/N-ethyl adjacent to an activating group) is 1. The molecule has 1 saturated carbocycles. The van der Waals surface area contributed by atoms with Gasteiger partial charge in [-0.3, -0.25) is 4.79 Å². The third kappa shape index (κ3) is 4.19. The van der Waals surface area contributed by atoms with Gasteiger partial charge in [0.05, 0.1) is 11.7 Å². The van der Waals surface area contributed by atoms with E-state index in [2.05, 4.69) is 4.98 Å². The molecule has 1 aliphatic carbocycles. The first-order valence-corrected chi connectivity index (χ1v) is 8.04. The van der Waals surface area contributed by atoms with Crippen molar-refractivity contribution in [2.45, 2.75) is 57.7 Å². The van der Waals surface area contributed by atoms with E-state index in [1.165, 1.54) is 0 Å². The van der Waals surface area contributed by atoms with Crippen molar-refractivity contribution in [2.24, 2.45) is 0 Å². The van der Waals surface area contributed by atoms with Crippen LogP contribution in [-0.4, -0.2) is 46.2 Å². The summed E-state index contributed by atoms with van der Waals surface area (Å²) in [5.41, 5.74) is -0.189. The Hall–Kier alpha value is -1.62. The highest BCUT2D eigenvalue weighted by Gasteiger charge is 2.33. The van der Waals surface area contributed by atoms with Crippen molar-refractivity contribution in [2.75, 3.05) is 13.6 Å². The summed E-state index contributed by atoms with van der Waals surface area (Å²) in [6, 6.07) is 3.35. The average Bonchev–Trinajstić information content (AvgIpc) is 2.92. The second-order valence-corrected chi connectivity index (χ2v) is 6.31. The van der Waals surface area contributed by atoms with Crippen molar-refractivity contribution in [3.05, 3.63) is 23.9 Å². The first-order chi connectivity index (χ1) is 10.4. The second kappa shape index (κ2) is 7.09. The fraction of sp³-hybridized carbons (Fsp3) is 0.647. The van der Waals surface area contributed by atoms with Crippen LogP contribution in [0.25, 0.3) is 0 Å². The van der Waals surface area contributed by atoms with E-state index in [1.54, 1.807) is 30.3 Å². The normalized spacial score (nSPS) is 18.0. The van der Waals surface area contributed by atoms with Crippen LogP contribution in [0.2, 0.25) is 0 Å². The molecule has 0 spiro atoms. The van der Waals surface area contributed by atoms with Gasteiger partial charge in [-0.25, -0.2) is 4.98 Å². The van der Waals surface area contributed by atoms with Crippen molar-refractivity contribution in [3.8, 4) is 5.88 Å². The maximum Gasteiger partial charge on any atom is 0.253 e. The lowest BCUT2D eigenvalue weighted by Gasteiger charge is -2.28. The molecule has 1 aliphatic rings. The molecule has 122 valence electrons. The topological polar surface area (TPSA) is 62.7 Å². The molecule has 1 heterocycles. The second-order valence-electron chi connectivity index (χ2n) is 6.31. The van der Waals surface area contributed by atoms with Crippen molar-refractivity contribution in [1.29, 1.82) is 0 Å². The molecule has 22 heavy (non-hydrogen) atoms.